The Labute approximate surface area is 118 Å². The second-order valence-corrected chi connectivity index (χ2v) is 5.16. The van der Waals surface area contributed by atoms with Gasteiger partial charge in [-0.25, -0.2) is 14.5 Å². The van der Waals surface area contributed by atoms with Gasteiger partial charge in [-0.2, -0.15) is 0 Å². The van der Waals surface area contributed by atoms with Crippen LogP contribution in [0.3, 0.4) is 0 Å². The molecule has 2 heterocycles. The highest BCUT2D eigenvalue weighted by Crippen LogP contribution is 2.25. The molecule has 0 spiro atoms. The molecular weight excluding hydrogens is 248 g/mol. The summed E-state index contributed by atoms with van der Waals surface area (Å²) in [4.78, 5) is 7.99. The molecule has 0 radical (unpaired) electrons. The predicted octanol–water partition coefficient (Wildman–Crippen LogP) is 2.95. The number of nitrogens with one attached hydrogen (secondary N) is 1. The first-order chi connectivity index (χ1) is 9.76. The highest BCUT2D eigenvalue weighted by atomic mass is 15.1. The fourth-order valence-electron chi connectivity index (χ4n) is 2.85. The van der Waals surface area contributed by atoms with Crippen LogP contribution in [0.5, 0.6) is 0 Å². The lowest BCUT2D eigenvalue weighted by atomic mass is 10.2. The fourth-order valence-corrected chi connectivity index (χ4v) is 2.85. The van der Waals surface area contributed by atoms with Crippen molar-refractivity contribution in [2.45, 2.75) is 39.7 Å². The number of H-pyrrole nitrogens is 1. The number of hydrogen-bond acceptors (Lipinski definition) is 2. The molecule has 3 aromatic rings. The molecule has 0 aliphatic heterocycles. The standard InChI is InChI=1S/C16H20N4/c1-3-5-10-13-19-14-15(20(13)4-2)11-8-6-7-9-12(11)18-16(14)17/h6-9H,3-5,10H2,1-2H3,(H2,17,18)/p+1. The van der Waals surface area contributed by atoms with Crippen LogP contribution in [0, 0.1) is 0 Å². The number of para-hydroxylation sites is 1. The lowest BCUT2D eigenvalue weighted by Crippen LogP contribution is -2.36. The van der Waals surface area contributed by atoms with Crippen molar-refractivity contribution in [1.29, 1.82) is 0 Å². The molecule has 1 aromatic carbocycles. The maximum Gasteiger partial charge on any atom is 0.255 e. The number of imidazole rings is 1. The lowest BCUT2D eigenvalue weighted by molar-refractivity contribution is -0.674. The van der Waals surface area contributed by atoms with E-state index in [1.165, 1.54) is 24.2 Å². The van der Waals surface area contributed by atoms with E-state index in [0.29, 0.717) is 5.82 Å². The van der Waals surface area contributed by atoms with E-state index in [1.807, 2.05) is 12.1 Å². The van der Waals surface area contributed by atoms with E-state index >= 15 is 0 Å². The summed E-state index contributed by atoms with van der Waals surface area (Å²) in [7, 11) is 0. The van der Waals surface area contributed by atoms with Crippen molar-refractivity contribution in [3.8, 4) is 0 Å². The quantitative estimate of drug-likeness (QED) is 0.715. The number of nitrogen functional groups attached to an aromatic ring is 1. The lowest BCUT2D eigenvalue weighted by Gasteiger charge is -2.01. The first kappa shape index (κ1) is 12.9. The van der Waals surface area contributed by atoms with Gasteiger partial charge in [-0.15, -0.1) is 0 Å². The van der Waals surface area contributed by atoms with Crippen LogP contribution < -0.4 is 10.3 Å². The third-order valence-electron chi connectivity index (χ3n) is 3.84. The number of nitrogens with two attached hydrogens (primary N) is 1. The van der Waals surface area contributed by atoms with Crippen molar-refractivity contribution in [1.82, 2.24) is 9.97 Å². The van der Waals surface area contributed by atoms with Gasteiger partial charge in [0, 0.05) is 6.42 Å². The normalized spacial score (nSPS) is 11.5. The predicted molar refractivity (Wildman–Crippen MR) is 82.5 cm³/mol. The van der Waals surface area contributed by atoms with Gasteiger partial charge in [0.2, 0.25) is 5.52 Å². The molecule has 3 rings (SSSR count). The second kappa shape index (κ2) is 5.12. The van der Waals surface area contributed by atoms with Gasteiger partial charge in [0.1, 0.15) is 0 Å². The van der Waals surface area contributed by atoms with Crippen molar-refractivity contribution in [3.05, 3.63) is 30.1 Å². The molecule has 2 aromatic heterocycles. The van der Waals surface area contributed by atoms with Crippen LogP contribution in [0.25, 0.3) is 21.9 Å². The van der Waals surface area contributed by atoms with Crippen LogP contribution in [0.2, 0.25) is 0 Å². The highest BCUT2D eigenvalue weighted by molar-refractivity contribution is 6.04. The van der Waals surface area contributed by atoms with Crippen molar-refractivity contribution in [2.24, 2.45) is 0 Å². The highest BCUT2D eigenvalue weighted by Gasteiger charge is 2.22. The minimum atomic E-state index is 0.587. The summed E-state index contributed by atoms with van der Waals surface area (Å²) in [5.74, 6) is 1.83. The van der Waals surface area contributed by atoms with E-state index in [0.717, 1.165) is 29.4 Å². The molecule has 20 heavy (non-hydrogen) atoms. The van der Waals surface area contributed by atoms with Crippen LogP contribution >= 0.6 is 0 Å². The van der Waals surface area contributed by atoms with Crippen molar-refractivity contribution < 1.29 is 4.57 Å². The van der Waals surface area contributed by atoms with Crippen molar-refractivity contribution in [2.75, 3.05) is 5.73 Å². The number of nitrogens with zero attached hydrogens (tertiary/aromatic N) is 2. The summed E-state index contributed by atoms with van der Waals surface area (Å²) in [6.07, 6.45) is 3.42. The molecule has 0 unspecified atom stereocenters. The summed E-state index contributed by atoms with van der Waals surface area (Å²) >= 11 is 0. The Morgan fingerprint density at radius 3 is 2.80 bits per heavy atom. The molecule has 0 bridgehead atoms. The number of aryl methyl sites for hydroxylation is 2. The van der Waals surface area contributed by atoms with Crippen LogP contribution in [0.15, 0.2) is 24.3 Å². The maximum absolute atomic E-state index is 6.13. The number of unbranched alkanes of at least 4 members (excludes halogenated alkanes) is 1. The monoisotopic (exact) mass is 269 g/mol. The van der Waals surface area contributed by atoms with E-state index in [4.69, 9.17) is 5.73 Å². The number of aromatic nitrogens is 3. The Bertz CT molecular complexity index is 758. The fraction of sp³-hybridized carbons (Fsp3) is 0.375. The minimum absolute atomic E-state index is 0.587. The Hall–Kier alpha value is -2.10. The molecule has 0 saturated carbocycles. The second-order valence-electron chi connectivity index (χ2n) is 5.16. The number of pyridine rings is 1. The molecule has 0 aliphatic carbocycles. The molecule has 0 fully saturated rings. The summed E-state index contributed by atoms with van der Waals surface area (Å²) in [5, 5.41) is 1.16. The summed E-state index contributed by atoms with van der Waals surface area (Å²) in [5.41, 5.74) is 9.24. The van der Waals surface area contributed by atoms with Gasteiger partial charge in [-0.05, 0) is 25.5 Å². The van der Waals surface area contributed by atoms with E-state index in [9.17, 15) is 0 Å². The number of fused-ring (bicyclic) bond motifs is 3. The number of benzene rings is 1. The molecular formula is C16H21N4+. The van der Waals surface area contributed by atoms with Crippen molar-refractivity contribution in [3.63, 3.8) is 0 Å². The van der Waals surface area contributed by atoms with Crippen LogP contribution in [-0.4, -0.2) is 9.97 Å². The van der Waals surface area contributed by atoms with Crippen LogP contribution in [0.1, 0.15) is 32.5 Å². The molecule has 0 saturated heterocycles. The largest absolute Gasteiger partial charge is 0.380 e. The minimum Gasteiger partial charge on any atom is -0.380 e. The zero-order valence-corrected chi connectivity index (χ0v) is 12.1. The van der Waals surface area contributed by atoms with Gasteiger partial charge in [-0.3, -0.25) is 0 Å². The third-order valence-corrected chi connectivity index (χ3v) is 3.84. The Morgan fingerprint density at radius 2 is 2.05 bits per heavy atom. The maximum atomic E-state index is 6.13. The summed E-state index contributed by atoms with van der Waals surface area (Å²) < 4.78 is 2.34. The third kappa shape index (κ3) is 1.92. The first-order valence-electron chi connectivity index (χ1n) is 7.34. The van der Waals surface area contributed by atoms with Crippen LogP contribution in [-0.2, 0) is 13.0 Å². The average Bonchev–Trinajstić information content (AvgIpc) is 2.84. The van der Waals surface area contributed by atoms with E-state index in [-0.39, 0.29) is 0 Å². The molecule has 0 aliphatic rings. The van der Waals surface area contributed by atoms with Crippen molar-refractivity contribution >= 4 is 27.8 Å². The number of rotatable bonds is 4. The SMILES string of the molecule is CCCCc1[nH]c2c(N)nc3ccccc3c2[n+]1CC. The summed E-state index contributed by atoms with van der Waals surface area (Å²) in [6, 6.07) is 8.19. The number of anilines is 1. The Balaban J connectivity index is 2.35. The number of aromatic amines is 1. The van der Waals surface area contributed by atoms with Gasteiger partial charge < -0.3 is 5.73 Å². The topological polar surface area (TPSA) is 58.6 Å². The molecule has 4 nitrogen and oxygen atoms in total. The molecule has 0 amide bonds. The van der Waals surface area contributed by atoms with Gasteiger partial charge >= 0.3 is 0 Å². The Morgan fingerprint density at radius 1 is 1.25 bits per heavy atom. The average molecular weight is 269 g/mol. The van der Waals surface area contributed by atoms with Gasteiger partial charge in [0.05, 0.1) is 17.4 Å². The van der Waals surface area contributed by atoms with Gasteiger partial charge in [-0.1, -0.05) is 25.5 Å². The summed E-state index contributed by atoms with van der Waals surface area (Å²) in [6.45, 7) is 5.32. The molecule has 3 N–H and O–H groups in total. The molecule has 0 atom stereocenters. The zero-order chi connectivity index (χ0) is 14.1. The smallest absolute Gasteiger partial charge is 0.255 e. The van der Waals surface area contributed by atoms with Gasteiger partial charge in [0.15, 0.2) is 11.3 Å². The van der Waals surface area contributed by atoms with E-state index in [2.05, 4.69) is 40.5 Å². The van der Waals surface area contributed by atoms with E-state index < -0.39 is 0 Å². The zero-order valence-electron chi connectivity index (χ0n) is 12.1. The molecule has 4 heteroatoms. The van der Waals surface area contributed by atoms with Gasteiger partial charge in [0.25, 0.3) is 5.82 Å². The van der Waals surface area contributed by atoms with Crippen LogP contribution in [0.4, 0.5) is 5.82 Å². The molecule has 104 valence electrons. The first-order valence-corrected chi connectivity index (χ1v) is 7.34. The number of hydrogen-bond donors (Lipinski definition) is 2. The Kier molecular flexibility index (Phi) is 3.30. The van der Waals surface area contributed by atoms with E-state index in [1.54, 1.807) is 0 Å².